The lowest BCUT2D eigenvalue weighted by molar-refractivity contribution is -0.138. The lowest BCUT2D eigenvalue weighted by Gasteiger charge is -2.08. The van der Waals surface area contributed by atoms with E-state index in [-0.39, 0.29) is 0 Å². The number of hydrogen-bond acceptors (Lipinski definition) is 1. The van der Waals surface area contributed by atoms with Crippen molar-refractivity contribution in [2.24, 2.45) is 5.92 Å². The molecule has 1 unspecified atom stereocenters. The van der Waals surface area contributed by atoms with E-state index >= 15 is 0 Å². The maximum atomic E-state index is 10.2. The summed E-state index contributed by atoms with van der Waals surface area (Å²) in [4.78, 5) is 10.2. The molecule has 0 aromatic carbocycles. The normalized spacial score (nSPS) is 13.0. The Morgan fingerprint density at radius 3 is 2.40 bits per heavy atom. The highest BCUT2D eigenvalue weighted by Gasteiger charge is 2.08. The van der Waals surface area contributed by atoms with Crippen LogP contribution in [0.3, 0.4) is 0 Å². The third-order valence-electron chi connectivity index (χ3n) is 1.74. The van der Waals surface area contributed by atoms with Crippen LogP contribution in [0.5, 0.6) is 0 Å². The molecule has 0 aliphatic rings. The van der Waals surface area contributed by atoms with Crippen LogP contribution in [0.2, 0.25) is 0 Å². The van der Waals surface area contributed by atoms with Crippen LogP contribution in [0.25, 0.3) is 0 Å². The third-order valence-corrected chi connectivity index (χ3v) is 1.74. The first-order valence-corrected chi connectivity index (χ1v) is 3.92. The zero-order valence-electron chi connectivity index (χ0n) is 6.76. The highest BCUT2D eigenvalue weighted by molar-refractivity contribution is 5.66. The van der Waals surface area contributed by atoms with Crippen LogP contribution < -0.4 is 0 Å². The van der Waals surface area contributed by atoms with Gasteiger partial charge in [-0.2, -0.15) is 0 Å². The Morgan fingerprint density at radius 2 is 2.10 bits per heavy atom. The molecule has 0 aromatic heterocycles. The minimum absolute atomic E-state index is 0.338. The molecule has 0 aliphatic heterocycles. The summed E-state index contributed by atoms with van der Waals surface area (Å²) in [6.07, 6.45) is 3.46. The van der Waals surface area contributed by atoms with Gasteiger partial charge in [0.05, 0.1) is 0 Å². The number of carboxylic acid groups (broad SMARTS) is 1. The molecule has 2 nitrogen and oxygen atoms in total. The molecule has 0 radical (unpaired) electrons. The number of hydrogen-bond donors (Lipinski definition) is 1. The second kappa shape index (κ2) is 5.27. The van der Waals surface area contributed by atoms with Crippen molar-refractivity contribution in [3.05, 3.63) is 0 Å². The maximum absolute atomic E-state index is 10.2. The predicted octanol–water partition coefficient (Wildman–Crippen LogP) is 2.29. The summed E-state index contributed by atoms with van der Waals surface area (Å²) in [5.41, 5.74) is 0. The van der Waals surface area contributed by atoms with E-state index in [1.54, 1.807) is 0 Å². The van der Waals surface area contributed by atoms with E-state index in [4.69, 9.17) is 5.11 Å². The van der Waals surface area contributed by atoms with E-state index in [0.29, 0.717) is 12.3 Å². The monoisotopic (exact) mass is 144 g/mol. The number of carboxylic acids is 1. The Balaban J connectivity index is 3.49. The van der Waals surface area contributed by atoms with Gasteiger partial charge in [-0.1, -0.05) is 33.1 Å². The zero-order chi connectivity index (χ0) is 7.98. The van der Waals surface area contributed by atoms with Gasteiger partial charge in [-0.25, -0.2) is 0 Å². The molecule has 1 N–H and O–H groups in total. The van der Waals surface area contributed by atoms with Crippen LogP contribution in [0.1, 0.15) is 39.5 Å². The highest BCUT2D eigenvalue weighted by atomic mass is 16.4. The molecule has 2 heteroatoms. The smallest absolute Gasteiger partial charge is 0.303 e. The quantitative estimate of drug-likeness (QED) is 0.642. The third kappa shape index (κ3) is 4.36. The van der Waals surface area contributed by atoms with Crippen molar-refractivity contribution in [2.45, 2.75) is 39.5 Å². The zero-order valence-corrected chi connectivity index (χ0v) is 6.76. The SMILES string of the molecule is CCCC(CC)CC(=O)O. The van der Waals surface area contributed by atoms with E-state index in [2.05, 4.69) is 6.92 Å². The Labute approximate surface area is 62.2 Å². The summed E-state index contributed by atoms with van der Waals surface area (Å²) in [6.45, 7) is 4.13. The minimum atomic E-state index is -0.666. The largest absolute Gasteiger partial charge is 0.481 e. The van der Waals surface area contributed by atoms with Crippen LogP contribution in [-0.2, 0) is 4.79 Å². The van der Waals surface area contributed by atoms with E-state index in [1.165, 1.54) is 0 Å². The van der Waals surface area contributed by atoms with Crippen LogP contribution in [-0.4, -0.2) is 11.1 Å². The summed E-state index contributed by atoms with van der Waals surface area (Å²) in [6, 6.07) is 0. The van der Waals surface area contributed by atoms with Gasteiger partial charge in [0.1, 0.15) is 0 Å². The lowest BCUT2D eigenvalue weighted by Crippen LogP contribution is -2.06. The average molecular weight is 144 g/mol. The highest BCUT2D eigenvalue weighted by Crippen LogP contribution is 2.14. The molecular formula is C8H16O2. The molecular weight excluding hydrogens is 128 g/mol. The first-order valence-electron chi connectivity index (χ1n) is 3.92. The van der Waals surface area contributed by atoms with Crippen LogP contribution in [0.4, 0.5) is 0 Å². The van der Waals surface area contributed by atoms with Gasteiger partial charge in [-0.3, -0.25) is 4.79 Å². The van der Waals surface area contributed by atoms with E-state index < -0.39 is 5.97 Å². The van der Waals surface area contributed by atoms with Crippen LogP contribution in [0, 0.1) is 5.92 Å². The fraction of sp³-hybridized carbons (Fsp3) is 0.875. The van der Waals surface area contributed by atoms with Crippen molar-refractivity contribution < 1.29 is 9.90 Å². The van der Waals surface area contributed by atoms with Crippen molar-refractivity contribution in [2.75, 3.05) is 0 Å². The average Bonchev–Trinajstić information content (AvgIpc) is 1.86. The first-order chi connectivity index (χ1) is 4.70. The predicted molar refractivity (Wildman–Crippen MR) is 40.9 cm³/mol. The molecule has 0 fully saturated rings. The number of rotatable bonds is 5. The maximum Gasteiger partial charge on any atom is 0.303 e. The fourth-order valence-corrected chi connectivity index (χ4v) is 1.11. The van der Waals surface area contributed by atoms with Crippen molar-refractivity contribution in [1.82, 2.24) is 0 Å². The van der Waals surface area contributed by atoms with Gasteiger partial charge in [0.15, 0.2) is 0 Å². The van der Waals surface area contributed by atoms with Gasteiger partial charge >= 0.3 is 5.97 Å². The van der Waals surface area contributed by atoms with Gasteiger partial charge in [-0.15, -0.1) is 0 Å². The molecule has 10 heavy (non-hydrogen) atoms. The Bertz CT molecular complexity index is 99.4. The van der Waals surface area contributed by atoms with Crippen molar-refractivity contribution in [1.29, 1.82) is 0 Å². The van der Waals surface area contributed by atoms with Crippen LogP contribution in [0.15, 0.2) is 0 Å². The van der Waals surface area contributed by atoms with Crippen molar-refractivity contribution in [3.8, 4) is 0 Å². The molecule has 0 aromatic rings. The van der Waals surface area contributed by atoms with Gasteiger partial charge in [0.25, 0.3) is 0 Å². The standard InChI is InChI=1S/C8H16O2/c1-3-5-7(4-2)6-8(9)10/h7H,3-6H2,1-2H3,(H,9,10). The Hall–Kier alpha value is -0.530. The second-order valence-electron chi connectivity index (χ2n) is 2.66. The molecule has 0 bridgehead atoms. The molecule has 0 heterocycles. The summed E-state index contributed by atoms with van der Waals surface area (Å²) < 4.78 is 0. The summed E-state index contributed by atoms with van der Waals surface area (Å²) in [5, 5.41) is 8.44. The Morgan fingerprint density at radius 1 is 1.50 bits per heavy atom. The number of carbonyl (C=O) groups is 1. The molecule has 0 rings (SSSR count). The molecule has 60 valence electrons. The molecule has 0 saturated carbocycles. The summed E-state index contributed by atoms with van der Waals surface area (Å²) in [5.74, 6) is -0.275. The minimum Gasteiger partial charge on any atom is -0.481 e. The van der Waals surface area contributed by atoms with E-state index in [0.717, 1.165) is 19.3 Å². The lowest BCUT2D eigenvalue weighted by atomic mass is 9.97. The van der Waals surface area contributed by atoms with E-state index in [9.17, 15) is 4.79 Å². The molecule has 0 spiro atoms. The van der Waals surface area contributed by atoms with Gasteiger partial charge < -0.3 is 5.11 Å². The van der Waals surface area contributed by atoms with Gasteiger partial charge in [0.2, 0.25) is 0 Å². The number of aliphatic carboxylic acids is 1. The fourth-order valence-electron chi connectivity index (χ4n) is 1.11. The molecule has 1 atom stereocenters. The van der Waals surface area contributed by atoms with Crippen molar-refractivity contribution >= 4 is 5.97 Å². The second-order valence-corrected chi connectivity index (χ2v) is 2.66. The van der Waals surface area contributed by atoms with Gasteiger partial charge in [0, 0.05) is 6.42 Å². The van der Waals surface area contributed by atoms with Crippen LogP contribution >= 0.6 is 0 Å². The summed E-state index contributed by atoms with van der Waals surface area (Å²) in [7, 11) is 0. The molecule has 0 saturated heterocycles. The summed E-state index contributed by atoms with van der Waals surface area (Å²) >= 11 is 0. The van der Waals surface area contributed by atoms with E-state index in [1.807, 2.05) is 6.92 Å². The molecule has 0 aliphatic carbocycles. The molecule has 0 amide bonds. The topological polar surface area (TPSA) is 37.3 Å². The Kier molecular flexibility index (Phi) is 4.99. The van der Waals surface area contributed by atoms with Gasteiger partial charge in [-0.05, 0) is 5.92 Å². The van der Waals surface area contributed by atoms with Crippen molar-refractivity contribution in [3.63, 3.8) is 0 Å². The first kappa shape index (κ1) is 9.47.